The van der Waals surface area contributed by atoms with Gasteiger partial charge in [0.2, 0.25) is 5.91 Å². The highest BCUT2D eigenvalue weighted by Crippen LogP contribution is 2.17. The number of rotatable bonds is 2. The fourth-order valence-corrected chi connectivity index (χ4v) is 2.17. The second-order valence-corrected chi connectivity index (χ2v) is 4.77. The van der Waals surface area contributed by atoms with Gasteiger partial charge in [-0.3, -0.25) is 9.59 Å². The molecule has 1 atom stereocenters. The van der Waals surface area contributed by atoms with Crippen molar-refractivity contribution in [2.45, 2.75) is 13.0 Å². The van der Waals surface area contributed by atoms with Crippen LogP contribution in [-0.4, -0.2) is 49.6 Å². The van der Waals surface area contributed by atoms with Crippen LogP contribution in [-0.2, 0) is 9.53 Å². The van der Waals surface area contributed by atoms with Gasteiger partial charge in [-0.15, -0.1) is 0 Å². The van der Waals surface area contributed by atoms with Gasteiger partial charge in [0.25, 0.3) is 5.91 Å². The molecule has 1 aromatic carbocycles. The van der Waals surface area contributed by atoms with Crippen molar-refractivity contribution in [1.82, 2.24) is 10.2 Å². The number of carbonyl (C=O) groups is 2. The number of morpholine rings is 1. The second-order valence-electron chi connectivity index (χ2n) is 4.77. The lowest BCUT2D eigenvalue weighted by Crippen LogP contribution is -2.55. The molecule has 2 rings (SSSR count). The summed E-state index contributed by atoms with van der Waals surface area (Å²) in [5, 5.41) is 2.55. The first kappa shape index (κ1) is 14.3. The van der Waals surface area contributed by atoms with Gasteiger partial charge in [-0.1, -0.05) is 6.07 Å². The second kappa shape index (κ2) is 5.92. The molecule has 1 aliphatic rings. The van der Waals surface area contributed by atoms with E-state index in [-0.39, 0.29) is 18.4 Å². The molecule has 0 radical (unpaired) electrons. The molecule has 1 aliphatic heterocycles. The first-order valence-corrected chi connectivity index (χ1v) is 6.51. The molecular formula is C14H19N3O3. The van der Waals surface area contributed by atoms with Crippen molar-refractivity contribution in [3.05, 3.63) is 29.3 Å². The van der Waals surface area contributed by atoms with E-state index in [1.807, 2.05) is 6.92 Å². The highest BCUT2D eigenvalue weighted by atomic mass is 16.5. The molecule has 1 aromatic rings. The quantitative estimate of drug-likeness (QED) is 0.754. The van der Waals surface area contributed by atoms with Gasteiger partial charge < -0.3 is 20.7 Å². The van der Waals surface area contributed by atoms with Crippen LogP contribution in [0.5, 0.6) is 0 Å². The highest BCUT2D eigenvalue weighted by Gasteiger charge is 2.32. The van der Waals surface area contributed by atoms with E-state index in [0.717, 1.165) is 5.56 Å². The number of likely N-dealkylation sites (N-methyl/N-ethyl adjacent to an activating group) is 1. The lowest BCUT2D eigenvalue weighted by Gasteiger charge is -2.34. The summed E-state index contributed by atoms with van der Waals surface area (Å²) in [5.74, 6) is -0.424. The summed E-state index contributed by atoms with van der Waals surface area (Å²) in [5.41, 5.74) is 7.82. The predicted octanol–water partition coefficient (Wildman–Crippen LogP) is 0.164. The Balaban J connectivity index is 2.25. The molecule has 108 valence electrons. The third-order valence-electron chi connectivity index (χ3n) is 3.46. The average Bonchev–Trinajstić information content (AvgIpc) is 2.48. The van der Waals surface area contributed by atoms with Gasteiger partial charge in [0, 0.05) is 24.8 Å². The Kier molecular flexibility index (Phi) is 4.24. The van der Waals surface area contributed by atoms with E-state index in [9.17, 15) is 9.59 Å². The van der Waals surface area contributed by atoms with E-state index in [4.69, 9.17) is 10.5 Å². The number of ether oxygens (including phenoxy) is 1. The van der Waals surface area contributed by atoms with Crippen LogP contribution in [0.1, 0.15) is 15.9 Å². The van der Waals surface area contributed by atoms with Crippen LogP contribution in [0.15, 0.2) is 18.2 Å². The van der Waals surface area contributed by atoms with Crippen LogP contribution in [0.4, 0.5) is 5.69 Å². The molecule has 0 aromatic heterocycles. The van der Waals surface area contributed by atoms with Crippen molar-refractivity contribution in [2.24, 2.45) is 0 Å². The number of hydrogen-bond acceptors (Lipinski definition) is 4. The minimum Gasteiger partial charge on any atom is -0.398 e. The Morgan fingerprint density at radius 1 is 1.45 bits per heavy atom. The molecule has 2 amide bonds. The van der Waals surface area contributed by atoms with Crippen molar-refractivity contribution >= 4 is 17.5 Å². The Bertz CT molecular complexity index is 530. The summed E-state index contributed by atoms with van der Waals surface area (Å²) >= 11 is 0. The van der Waals surface area contributed by atoms with E-state index in [1.165, 1.54) is 4.90 Å². The minimum absolute atomic E-state index is 0.200. The number of aryl methyl sites for hydroxylation is 1. The van der Waals surface area contributed by atoms with E-state index >= 15 is 0 Å². The van der Waals surface area contributed by atoms with Gasteiger partial charge in [-0.05, 0) is 24.6 Å². The molecule has 1 unspecified atom stereocenters. The van der Waals surface area contributed by atoms with Crippen molar-refractivity contribution < 1.29 is 14.3 Å². The number of nitrogens with zero attached hydrogens (tertiary/aromatic N) is 1. The van der Waals surface area contributed by atoms with E-state index in [1.54, 1.807) is 25.2 Å². The molecule has 0 aliphatic carbocycles. The number of hydrogen-bond donors (Lipinski definition) is 2. The molecule has 1 fully saturated rings. The summed E-state index contributed by atoms with van der Waals surface area (Å²) in [7, 11) is 1.55. The highest BCUT2D eigenvalue weighted by molar-refractivity contribution is 5.98. The third kappa shape index (κ3) is 2.75. The monoisotopic (exact) mass is 277 g/mol. The number of anilines is 1. The van der Waals surface area contributed by atoms with Gasteiger partial charge in [-0.25, -0.2) is 0 Å². The number of nitrogens with one attached hydrogen (secondary N) is 1. The summed E-state index contributed by atoms with van der Waals surface area (Å²) in [6, 6.07) is 4.58. The summed E-state index contributed by atoms with van der Waals surface area (Å²) in [6.07, 6.45) is 0. The lowest BCUT2D eigenvalue weighted by molar-refractivity contribution is -0.130. The van der Waals surface area contributed by atoms with E-state index in [0.29, 0.717) is 24.4 Å². The van der Waals surface area contributed by atoms with Gasteiger partial charge in [0.15, 0.2) is 0 Å². The zero-order valence-corrected chi connectivity index (χ0v) is 11.7. The lowest BCUT2D eigenvalue weighted by atomic mass is 10.1. The van der Waals surface area contributed by atoms with Gasteiger partial charge >= 0.3 is 0 Å². The van der Waals surface area contributed by atoms with Crippen LogP contribution >= 0.6 is 0 Å². The summed E-state index contributed by atoms with van der Waals surface area (Å²) in [6.45, 7) is 2.92. The van der Waals surface area contributed by atoms with Gasteiger partial charge in [0.05, 0.1) is 13.2 Å². The van der Waals surface area contributed by atoms with Crippen molar-refractivity contribution in [1.29, 1.82) is 0 Å². The maximum Gasteiger partial charge on any atom is 0.254 e. The molecule has 1 heterocycles. The molecule has 1 saturated heterocycles. The normalized spacial score (nSPS) is 18.7. The molecule has 3 N–H and O–H groups in total. The van der Waals surface area contributed by atoms with Crippen LogP contribution in [0, 0.1) is 6.92 Å². The number of amides is 2. The van der Waals surface area contributed by atoms with Crippen molar-refractivity contribution in [2.75, 3.05) is 32.5 Å². The van der Waals surface area contributed by atoms with Crippen LogP contribution in [0.3, 0.4) is 0 Å². The average molecular weight is 277 g/mol. The summed E-state index contributed by atoms with van der Waals surface area (Å²) < 4.78 is 5.28. The molecule has 0 saturated carbocycles. The van der Waals surface area contributed by atoms with Crippen LogP contribution in [0.2, 0.25) is 0 Å². The Morgan fingerprint density at radius 3 is 2.85 bits per heavy atom. The first-order valence-electron chi connectivity index (χ1n) is 6.51. The zero-order valence-electron chi connectivity index (χ0n) is 11.7. The smallest absolute Gasteiger partial charge is 0.254 e. The SMILES string of the molecule is CNC(=O)C1COCCN1C(=O)c1ccc(C)c(N)c1. The summed E-state index contributed by atoms with van der Waals surface area (Å²) in [4.78, 5) is 25.9. The number of nitrogen functional groups attached to an aromatic ring is 1. The molecule has 0 spiro atoms. The Morgan fingerprint density at radius 2 is 2.20 bits per heavy atom. The predicted molar refractivity (Wildman–Crippen MR) is 75.3 cm³/mol. The number of carbonyl (C=O) groups excluding carboxylic acids is 2. The first-order chi connectivity index (χ1) is 9.54. The zero-order chi connectivity index (χ0) is 14.7. The van der Waals surface area contributed by atoms with Crippen molar-refractivity contribution in [3.63, 3.8) is 0 Å². The maximum absolute atomic E-state index is 12.5. The largest absolute Gasteiger partial charge is 0.398 e. The number of nitrogens with two attached hydrogens (primary N) is 1. The minimum atomic E-state index is -0.594. The molecular weight excluding hydrogens is 258 g/mol. The third-order valence-corrected chi connectivity index (χ3v) is 3.46. The molecule has 20 heavy (non-hydrogen) atoms. The molecule has 6 nitrogen and oxygen atoms in total. The molecule has 6 heteroatoms. The Labute approximate surface area is 117 Å². The van der Waals surface area contributed by atoms with E-state index < -0.39 is 6.04 Å². The number of benzene rings is 1. The Hall–Kier alpha value is -2.08. The van der Waals surface area contributed by atoms with Crippen LogP contribution in [0.25, 0.3) is 0 Å². The van der Waals surface area contributed by atoms with Gasteiger partial charge in [-0.2, -0.15) is 0 Å². The maximum atomic E-state index is 12.5. The van der Waals surface area contributed by atoms with Gasteiger partial charge in [0.1, 0.15) is 6.04 Å². The van der Waals surface area contributed by atoms with E-state index in [2.05, 4.69) is 5.32 Å². The topological polar surface area (TPSA) is 84.7 Å². The molecule has 0 bridgehead atoms. The standard InChI is InChI=1S/C14H19N3O3/c1-9-3-4-10(7-11(9)15)14(19)17-5-6-20-8-12(17)13(18)16-2/h3-4,7,12H,5-6,8,15H2,1-2H3,(H,16,18). The fourth-order valence-electron chi connectivity index (χ4n) is 2.17. The van der Waals surface area contributed by atoms with Crippen LogP contribution < -0.4 is 11.1 Å². The fraction of sp³-hybridized carbons (Fsp3) is 0.429. The van der Waals surface area contributed by atoms with Crippen molar-refractivity contribution in [3.8, 4) is 0 Å².